The van der Waals surface area contributed by atoms with Gasteiger partial charge in [0.25, 0.3) is 5.88 Å². The van der Waals surface area contributed by atoms with E-state index in [9.17, 15) is 4.39 Å². The highest BCUT2D eigenvalue weighted by atomic mass is 19.1. The van der Waals surface area contributed by atoms with E-state index in [0.29, 0.717) is 24.6 Å². The zero-order valence-corrected chi connectivity index (χ0v) is 12.3. The summed E-state index contributed by atoms with van der Waals surface area (Å²) < 4.78 is 18.9. The first-order chi connectivity index (χ1) is 8.95. The van der Waals surface area contributed by atoms with Crippen LogP contribution in [0.3, 0.4) is 0 Å². The Balaban J connectivity index is 2.57. The molecular weight excluding hydrogens is 247 g/mol. The van der Waals surface area contributed by atoms with E-state index < -0.39 is 5.82 Å². The number of nitrogens with one attached hydrogen (secondary N) is 1. The molecule has 0 aromatic carbocycles. The van der Waals surface area contributed by atoms with Gasteiger partial charge in [0.15, 0.2) is 0 Å². The van der Waals surface area contributed by atoms with E-state index in [4.69, 9.17) is 4.74 Å². The quantitative estimate of drug-likeness (QED) is 0.822. The summed E-state index contributed by atoms with van der Waals surface area (Å²) in [6, 6.07) is 0.846. The van der Waals surface area contributed by atoms with Crippen molar-refractivity contribution >= 4 is 5.95 Å². The molecule has 0 aliphatic heterocycles. The van der Waals surface area contributed by atoms with Gasteiger partial charge in [0.1, 0.15) is 6.61 Å². The van der Waals surface area contributed by atoms with Gasteiger partial charge >= 0.3 is 0 Å². The minimum absolute atomic E-state index is 0.00758. The number of anilines is 1. The van der Waals surface area contributed by atoms with Crippen LogP contribution in [-0.2, 0) is 0 Å². The average molecular weight is 270 g/mol. The molecule has 1 aromatic heterocycles. The van der Waals surface area contributed by atoms with E-state index in [1.54, 1.807) is 7.05 Å². The predicted molar refractivity (Wildman–Crippen MR) is 74.0 cm³/mol. The lowest BCUT2D eigenvalue weighted by atomic mass is 10.2. The summed E-state index contributed by atoms with van der Waals surface area (Å²) in [6.45, 7) is 9.64. The molecular formula is C13H23FN4O. The fraction of sp³-hybridized carbons (Fsp3) is 0.692. The number of halogens is 1. The molecule has 0 radical (unpaired) electrons. The summed E-state index contributed by atoms with van der Waals surface area (Å²) in [4.78, 5) is 9.98. The van der Waals surface area contributed by atoms with E-state index in [2.05, 4.69) is 47.9 Å². The van der Waals surface area contributed by atoms with Crippen LogP contribution in [0, 0.1) is 5.82 Å². The number of aromatic nitrogens is 2. The molecule has 0 aliphatic carbocycles. The molecule has 1 aromatic rings. The minimum atomic E-state index is -0.542. The van der Waals surface area contributed by atoms with Crippen molar-refractivity contribution in [2.75, 3.05) is 25.5 Å². The van der Waals surface area contributed by atoms with Gasteiger partial charge in [-0.25, -0.2) is 4.98 Å². The molecule has 0 spiro atoms. The van der Waals surface area contributed by atoms with Gasteiger partial charge in [-0.15, -0.1) is 0 Å². The van der Waals surface area contributed by atoms with E-state index in [1.165, 1.54) is 0 Å². The van der Waals surface area contributed by atoms with E-state index in [0.717, 1.165) is 12.7 Å². The Morgan fingerprint density at radius 1 is 1.32 bits per heavy atom. The molecule has 0 fully saturated rings. The molecule has 1 rings (SSSR count). The smallest absolute Gasteiger partial charge is 0.255 e. The Kier molecular flexibility index (Phi) is 5.95. The van der Waals surface area contributed by atoms with Crippen LogP contribution in [0.15, 0.2) is 6.20 Å². The molecule has 0 saturated heterocycles. The largest absolute Gasteiger partial charge is 0.474 e. The maximum Gasteiger partial charge on any atom is 0.255 e. The van der Waals surface area contributed by atoms with Gasteiger partial charge in [-0.1, -0.05) is 0 Å². The predicted octanol–water partition coefficient (Wildman–Crippen LogP) is 2.16. The summed E-state index contributed by atoms with van der Waals surface area (Å²) in [5.41, 5.74) is 0. The van der Waals surface area contributed by atoms with Crippen molar-refractivity contribution in [2.24, 2.45) is 0 Å². The summed E-state index contributed by atoms with van der Waals surface area (Å²) in [7, 11) is 1.68. The lowest BCUT2D eigenvalue weighted by Crippen LogP contribution is -2.39. The van der Waals surface area contributed by atoms with Crippen molar-refractivity contribution in [3.05, 3.63) is 12.0 Å². The van der Waals surface area contributed by atoms with Crippen molar-refractivity contribution in [1.82, 2.24) is 14.9 Å². The molecule has 0 saturated carbocycles. The van der Waals surface area contributed by atoms with Crippen molar-refractivity contribution in [1.29, 1.82) is 0 Å². The number of hydrogen-bond donors (Lipinski definition) is 1. The molecule has 0 unspecified atom stereocenters. The summed E-state index contributed by atoms with van der Waals surface area (Å²) >= 11 is 0. The first-order valence-electron chi connectivity index (χ1n) is 6.54. The summed E-state index contributed by atoms with van der Waals surface area (Å²) in [6.07, 6.45) is 1.11. The highest BCUT2D eigenvalue weighted by molar-refractivity contribution is 5.27. The fourth-order valence-corrected chi connectivity index (χ4v) is 1.93. The van der Waals surface area contributed by atoms with Crippen molar-refractivity contribution in [3.63, 3.8) is 0 Å². The lowest BCUT2D eigenvalue weighted by Gasteiger charge is -2.30. The monoisotopic (exact) mass is 270 g/mol. The van der Waals surface area contributed by atoms with Crippen molar-refractivity contribution in [2.45, 2.75) is 39.8 Å². The van der Waals surface area contributed by atoms with Gasteiger partial charge in [0, 0.05) is 25.7 Å². The minimum Gasteiger partial charge on any atom is -0.474 e. The first kappa shape index (κ1) is 15.6. The Labute approximate surface area is 114 Å². The molecule has 0 amide bonds. The molecule has 1 N–H and O–H groups in total. The Morgan fingerprint density at radius 3 is 2.47 bits per heavy atom. The van der Waals surface area contributed by atoms with Gasteiger partial charge in [-0.05, 0) is 27.7 Å². The maximum atomic E-state index is 13.5. The van der Waals surface area contributed by atoms with Gasteiger partial charge in [-0.3, -0.25) is 4.90 Å². The van der Waals surface area contributed by atoms with Gasteiger partial charge in [-0.2, -0.15) is 9.37 Å². The number of rotatable bonds is 7. The third-order valence-corrected chi connectivity index (χ3v) is 2.85. The molecule has 6 heteroatoms. The molecule has 108 valence electrons. The zero-order valence-electron chi connectivity index (χ0n) is 12.3. The van der Waals surface area contributed by atoms with E-state index >= 15 is 0 Å². The first-order valence-corrected chi connectivity index (χ1v) is 6.54. The van der Waals surface area contributed by atoms with E-state index in [1.807, 2.05) is 0 Å². The second-order valence-electron chi connectivity index (χ2n) is 4.87. The molecule has 0 aliphatic rings. The molecule has 19 heavy (non-hydrogen) atoms. The second-order valence-corrected chi connectivity index (χ2v) is 4.87. The van der Waals surface area contributed by atoms with Crippen molar-refractivity contribution in [3.8, 4) is 5.88 Å². The maximum absolute atomic E-state index is 13.5. The average Bonchev–Trinajstić information content (AvgIpc) is 2.35. The summed E-state index contributed by atoms with van der Waals surface area (Å²) in [5.74, 6) is -0.201. The summed E-state index contributed by atoms with van der Waals surface area (Å²) in [5, 5.41) is 2.75. The number of nitrogens with zero attached hydrogens (tertiary/aromatic N) is 3. The zero-order chi connectivity index (χ0) is 14.4. The van der Waals surface area contributed by atoms with E-state index in [-0.39, 0.29) is 5.88 Å². The second kappa shape index (κ2) is 7.23. The molecule has 1 heterocycles. The third-order valence-electron chi connectivity index (χ3n) is 2.85. The SMILES string of the molecule is CNc1ncc(F)c(OCCN(C(C)C)C(C)C)n1. The van der Waals surface area contributed by atoms with Gasteiger partial charge in [0.2, 0.25) is 11.8 Å². The highest BCUT2D eigenvalue weighted by Crippen LogP contribution is 2.14. The Hall–Kier alpha value is -1.43. The number of hydrogen-bond acceptors (Lipinski definition) is 5. The molecule has 0 bridgehead atoms. The standard InChI is InChI=1S/C13H23FN4O/c1-9(2)18(10(3)4)6-7-19-12-11(14)8-16-13(15-5)17-12/h8-10H,6-7H2,1-5H3,(H,15,16,17). The van der Waals surface area contributed by atoms with Crippen LogP contribution in [0.5, 0.6) is 5.88 Å². The van der Waals surface area contributed by atoms with Crippen LogP contribution in [0.25, 0.3) is 0 Å². The van der Waals surface area contributed by atoms with Gasteiger partial charge in [0.05, 0.1) is 6.20 Å². The molecule has 5 nitrogen and oxygen atoms in total. The van der Waals surface area contributed by atoms with Gasteiger partial charge < -0.3 is 10.1 Å². The molecule has 0 atom stereocenters. The van der Waals surface area contributed by atoms with Crippen LogP contribution in [0.2, 0.25) is 0 Å². The Bertz CT molecular complexity index is 390. The number of ether oxygens (including phenoxy) is 1. The Morgan fingerprint density at radius 2 is 1.95 bits per heavy atom. The van der Waals surface area contributed by atoms with Crippen LogP contribution in [0.4, 0.5) is 10.3 Å². The highest BCUT2D eigenvalue weighted by Gasteiger charge is 2.14. The fourth-order valence-electron chi connectivity index (χ4n) is 1.93. The topological polar surface area (TPSA) is 50.3 Å². The van der Waals surface area contributed by atoms with Crippen LogP contribution in [0.1, 0.15) is 27.7 Å². The normalized spacial score (nSPS) is 11.4. The third kappa shape index (κ3) is 4.63. The lowest BCUT2D eigenvalue weighted by molar-refractivity contribution is 0.138. The van der Waals surface area contributed by atoms with Crippen LogP contribution >= 0.6 is 0 Å². The van der Waals surface area contributed by atoms with Crippen LogP contribution < -0.4 is 10.1 Å². The van der Waals surface area contributed by atoms with Crippen LogP contribution in [-0.4, -0.2) is 47.2 Å². The van der Waals surface area contributed by atoms with Crippen molar-refractivity contribution < 1.29 is 9.13 Å².